The number of nitrogens with two attached hydrogens (primary N) is 1. The number of carbonyl (C=O) groups excluding carboxylic acids is 1. The molecule has 0 radical (unpaired) electrons. The minimum absolute atomic E-state index is 0.202. The summed E-state index contributed by atoms with van der Waals surface area (Å²) in [5, 5.41) is 20.5. The van der Waals surface area contributed by atoms with Crippen LogP contribution in [-0.4, -0.2) is 29.1 Å². The van der Waals surface area contributed by atoms with Crippen molar-refractivity contribution in [1.29, 1.82) is 10.7 Å². The van der Waals surface area contributed by atoms with E-state index in [1.807, 2.05) is 6.07 Å². The molecule has 0 amide bonds. The van der Waals surface area contributed by atoms with Crippen LogP contribution in [0.3, 0.4) is 0 Å². The van der Waals surface area contributed by atoms with Gasteiger partial charge in [-0.15, -0.1) is 0 Å². The Morgan fingerprint density at radius 2 is 2.27 bits per heavy atom. The van der Waals surface area contributed by atoms with Crippen molar-refractivity contribution < 1.29 is 9.53 Å². The molecule has 4 N–H and O–H groups in total. The Morgan fingerprint density at radius 1 is 1.46 bits per heavy atom. The van der Waals surface area contributed by atoms with E-state index in [0.717, 1.165) is 4.90 Å². The number of nitriles is 1. The predicted molar refractivity (Wildman–Crippen MR) is 99.3 cm³/mol. The molecule has 0 unspecified atom stereocenters. The molecule has 26 heavy (non-hydrogen) atoms. The standard InChI is InChI=1S/C17H16N6O2S/c1-2-25-17(24)11-6-7-21-15(8-11)26-13-5-3-4-12(9-13)22-23-14(10-18)16(19)20/h3-9,22H,2H2,1H3,(H3,19,20)/b23-14+. The maximum Gasteiger partial charge on any atom is 0.338 e. The zero-order valence-corrected chi connectivity index (χ0v) is 14.7. The van der Waals surface area contributed by atoms with Gasteiger partial charge in [0.15, 0.2) is 5.84 Å². The fourth-order valence-electron chi connectivity index (χ4n) is 1.82. The summed E-state index contributed by atoms with van der Waals surface area (Å²) in [6, 6.07) is 12.2. The molecule has 0 fully saturated rings. The van der Waals surface area contributed by atoms with Gasteiger partial charge in [-0.1, -0.05) is 17.8 Å². The lowest BCUT2D eigenvalue weighted by molar-refractivity contribution is 0.0526. The van der Waals surface area contributed by atoms with Crippen molar-refractivity contribution in [3.05, 3.63) is 48.2 Å². The lowest BCUT2D eigenvalue weighted by Crippen LogP contribution is -2.21. The van der Waals surface area contributed by atoms with Crippen molar-refractivity contribution in [2.24, 2.45) is 10.8 Å². The topological polar surface area (TPSA) is 137 Å². The number of nitrogens with one attached hydrogen (secondary N) is 2. The molecule has 1 heterocycles. The lowest BCUT2D eigenvalue weighted by atomic mass is 10.3. The lowest BCUT2D eigenvalue weighted by Gasteiger charge is -2.06. The predicted octanol–water partition coefficient (Wildman–Crippen LogP) is 2.64. The van der Waals surface area contributed by atoms with Gasteiger partial charge < -0.3 is 10.5 Å². The Kier molecular flexibility index (Phi) is 6.70. The van der Waals surface area contributed by atoms with Crippen LogP contribution in [0.1, 0.15) is 17.3 Å². The highest BCUT2D eigenvalue weighted by atomic mass is 32.2. The zero-order chi connectivity index (χ0) is 18.9. The number of rotatable bonds is 7. The van der Waals surface area contributed by atoms with Crippen LogP contribution in [0.5, 0.6) is 0 Å². The van der Waals surface area contributed by atoms with Crippen molar-refractivity contribution in [3.63, 3.8) is 0 Å². The van der Waals surface area contributed by atoms with Crippen molar-refractivity contribution in [3.8, 4) is 6.07 Å². The molecule has 0 aliphatic heterocycles. The van der Waals surface area contributed by atoms with E-state index >= 15 is 0 Å². The highest BCUT2D eigenvalue weighted by Crippen LogP contribution is 2.28. The van der Waals surface area contributed by atoms with Crippen molar-refractivity contribution in [1.82, 2.24) is 4.98 Å². The molecular formula is C17H16N6O2S. The highest BCUT2D eigenvalue weighted by molar-refractivity contribution is 7.99. The second-order valence-corrected chi connectivity index (χ2v) is 5.92. The number of amidine groups is 1. The number of carbonyl (C=O) groups is 1. The molecular weight excluding hydrogens is 352 g/mol. The summed E-state index contributed by atoms with van der Waals surface area (Å²) in [4.78, 5) is 16.9. The Morgan fingerprint density at radius 3 is 2.96 bits per heavy atom. The quantitative estimate of drug-likeness (QED) is 0.295. The van der Waals surface area contributed by atoms with Crippen LogP contribution in [0.2, 0.25) is 0 Å². The van der Waals surface area contributed by atoms with Gasteiger partial charge in [-0.3, -0.25) is 10.8 Å². The summed E-state index contributed by atoms with van der Waals surface area (Å²) >= 11 is 1.36. The minimum Gasteiger partial charge on any atom is -0.462 e. The fraction of sp³-hybridized carbons (Fsp3) is 0.118. The molecule has 0 aliphatic carbocycles. The SMILES string of the molecule is CCOC(=O)c1ccnc(Sc2cccc(N/N=C(\C#N)C(=N)N)c2)c1. The van der Waals surface area contributed by atoms with E-state index < -0.39 is 11.8 Å². The molecule has 0 aliphatic rings. The molecule has 2 rings (SSSR count). The first-order valence-corrected chi connectivity index (χ1v) is 8.34. The zero-order valence-electron chi connectivity index (χ0n) is 13.9. The molecule has 2 aromatic rings. The number of aromatic nitrogens is 1. The summed E-state index contributed by atoms with van der Waals surface area (Å²) in [5.41, 5.74) is 8.78. The maximum absolute atomic E-state index is 11.8. The molecule has 9 heteroatoms. The molecule has 0 bridgehead atoms. The average Bonchev–Trinajstić information content (AvgIpc) is 2.63. The molecule has 0 saturated heterocycles. The van der Waals surface area contributed by atoms with Gasteiger partial charge in [0.2, 0.25) is 5.71 Å². The molecule has 0 saturated carbocycles. The second kappa shape index (κ2) is 9.19. The average molecular weight is 368 g/mol. The highest BCUT2D eigenvalue weighted by Gasteiger charge is 2.09. The monoisotopic (exact) mass is 368 g/mol. The van der Waals surface area contributed by atoms with E-state index in [0.29, 0.717) is 22.9 Å². The minimum atomic E-state index is -0.412. The van der Waals surface area contributed by atoms with E-state index in [4.69, 9.17) is 21.1 Å². The summed E-state index contributed by atoms with van der Waals surface area (Å²) in [5.74, 6) is -0.805. The number of hydrogen-bond acceptors (Lipinski definition) is 8. The van der Waals surface area contributed by atoms with Gasteiger partial charge in [0.25, 0.3) is 0 Å². The van der Waals surface area contributed by atoms with E-state index in [2.05, 4.69) is 15.5 Å². The van der Waals surface area contributed by atoms with Crippen LogP contribution in [-0.2, 0) is 4.74 Å². The number of pyridine rings is 1. The van der Waals surface area contributed by atoms with Crippen LogP contribution in [0.25, 0.3) is 0 Å². The third-order valence-electron chi connectivity index (χ3n) is 2.96. The van der Waals surface area contributed by atoms with Gasteiger partial charge in [0.1, 0.15) is 11.1 Å². The van der Waals surface area contributed by atoms with Crippen LogP contribution in [0.4, 0.5) is 5.69 Å². The number of esters is 1. The van der Waals surface area contributed by atoms with E-state index in [1.165, 1.54) is 11.8 Å². The number of anilines is 1. The van der Waals surface area contributed by atoms with Gasteiger partial charge in [0, 0.05) is 11.1 Å². The Balaban J connectivity index is 2.14. The van der Waals surface area contributed by atoms with Crippen LogP contribution in [0.15, 0.2) is 57.6 Å². The fourth-order valence-corrected chi connectivity index (χ4v) is 2.70. The van der Waals surface area contributed by atoms with E-state index in [9.17, 15) is 4.79 Å². The molecule has 8 nitrogen and oxygen atoms in total. The van der Waals surface area contributed by atoms with Crippen molar-refractivity contribution >= 4 is 35.0 Å². The van der Waals surface area contributed by atoms with E-state index in [-0.39, 0.29) is 5.71 Å². The summed E-state index contributed by atoms with van der Waals surface area (Å²) in [6.45, 7) is 2.06. The van der Waals surface area contributed by atoms with Gasteiger partial charge in [-0.2, -0.15) is 10.4 Å². The van der Waals surface area contributed by atoms with Crippen molar-refractivity contribution in [2.45, 2.75) is 16.8 Å². The summed E-state index contributed by atoms with van der Waals surface area (Å²) < 4.78 is 4.98. The Hall–Kier alpha value is -3.38. The van der Waals surface area contributed by atoms with Crippen LogP contribution >= 0.6 is 11.8 Å². The molecule has 0 spiro atoms. The number of hydrogen-bond donors (Lipinski definition) is 3. The molecule has 1 aromatic heterocycles. The number of hydrazone groups is 1. The van der Waals surface area contributed by atoms with Crippen LogP contribution < -0.4 is 11.2 Å². The number of nitrogens with zero attached hydrogens (tertiary/aromatic N) is 3. The first-order chi connectivity index (χ1) is 12.5. The Labute approximate surface area is 154 Å². The Bertz CT molecular complexity index is 891. The van der Waals surface area contributed by atoms with Crippen LogP contribution in [0, 0.1) is 16.7 Å². The summed E-state index contributed by atoms with van der Waals surface area (Å²) in [7, 11) is 0. The first kappa shape index (κ1) is 19.0. The first-order valence-electron chi connectivity index (χ1n) is 7.52. The second-order valence-electron chi connectivity index (χ2n) is 4.83. The summed E-state index contributed by atoms with van der Waals surface area (Å²) in [6.07, 6.45) is 1.55. The van der Waals surface area contributed by atoms with Gasteiger partial charge >= 0.3 is 5.97 Å². The van der Waals surface area contributed by atoms with Gasteiger partial charge in [-0.25, -0.2) is 9.78 Å². The van der Waals surface area contributed by atoms with E-state index in [1.54, 1.807) is 49.5 Å². The molecule has 0 atom stereocenters. The van der Waals surface area contributed by atoms with Gasteiger partial charge in [0.05, 0.1) is 17.9 Å². The van der Waals surface area contributed by atoms with Crippen molar-refractivity contribution in [2.75, 3.05) is 12.0 Å². The largest absolute Gasteiger partial charge is 0.462 e. The number of ether oxygens (including phenoxy) is 1. The third kappa shape index (κ3) is 5.32. The van der Waals surface area contributed by atoms with Gasteiger partial charge in [-0.05, 0) is 37.3 Å². The normalized spacial score (nSPS) is 10.7. The number of benzene rings is 1. The smallest absolute Gasteiger partial charge is 0.338 e. The molecule has 1 aromatic carbocycles. The molecule has 132 valence electrons. The maximum atomic E-state index is 11.8. The third-order valence-corrected chi connectivity index (χ3v) is 3.88.